The van der Waals surface area contributed by atoms with E-state index < -0.39 is 0 Å². The summed E-state index contributed by atoms with van der Waals surface area (Å²) in [6.07, 6.45) is 3.38. The first-order chi connectivity index (χ1) is 13.8. The Kier molecular flexibility index (Phi) is 5.97. The number of nitrogens with zero attached hydrogens (tertiary/aromatic N) is 2. The van der Waals surface area contributed by atoms with E-state index in [1.54, 1.807) is 0 Å². The molecule has 6 heteroatoms. The van der Waals surface area contributed by atoms with Gasteiger partial charge < -0.3 is 20.5 Å². The van der Waals surface area contributed by atoms with Gasteiger partial charge in [0.2, 0.25) is 0 Å². The van der Waals surface area contributed by atoms with Crippen LogP contribution in [-0.2, 0) is 0 Å². The Morgan fingerprint density at radius 2 is 1.75 bits per heavy atom. The fourth-order valence-corrected chi connectivity index (χ4v) is 3.77. The van der Waals surface area contributed by atoms with Crippen LogP contribution < -0.4 is 20.5 Å². The van der Waals surface area contributed by atoms with E-state index in [-0.39, 0.29) is 6.04 Å². The zero-order valence-electron chi connectivity index (χ0n) is 16.1. The van der Waals surface area contributed by atoms with Crippen LogP contribution in [0.2, 0.25) is 0 Å². The van der Waals surface area contributed by atoms with Crippen LogP contribution in [0.15, 0.2) is 53.5 Å². The number of hydrogen-bond donors (Lipinski definition) is 2. The fourth-order valence-electron chi connectivity index (χ4n) is 3.77. The molecule has 2 aromatic rings. The molecule has 0 radical (unpaired) electrons. The minimum absolute atomic E-state index is 0.257. The zero-order valence-corrected chi connectivity index (χ0v) is 16.1. The predicted octanol–water partition coefficient (Wildman–Crippen LogP) is 3.41. The van der Waals surface area contributed by atoms with E-state index in [9.17, 15) is 0 Å². The first kappa shape index (κ1) is 18.6. The number of benzene rings is 2. The van der Waals surface area contributed by atoms with Crippen molar-refractivity contribution >= 4 is 11.6 Å². The Bertz CT molecular complexity index is 803. The van der Waals surface area contributed by atoms with Gasteiger partial charge in [0.25, 0.3) is 0 Å². The minimum Gasteiger partial charge on any atom is -0.490 e. The Hall–Kier alpha value is -2.73. The van der Waals surface area contributed by atoms with Gasteiger partial charge in [0.15, 0.2) is 17.5 Å². The number of fused-ring (bicyclic) bond motifs is 1. The Labute approximate surface area is 166 Å². The number of likely N-dealkylation sites (tertiary alicyclic amines) is 1. The van der Waals surface area contributed by atoms with Gasteiger partial charge in [-0.3, -0.25) is 9.89 Å². The van der Waals surface area contributed by atoms with Crippen molar-refractivity contribution in [3.8, 4) is 11.5 Å². The van der Waals surface area contributed by atoms with Crippen LogP contribution in [0.25, 0.3) is 0 Å². The standard InChI is InChI=1S/C22H28N4O2/c23-22(25-18-9-10-20-21(15-18)28-14-6-13-27-20)24-16-19(26-11-4-5-12-26)17-7-2-1-3-8-17/h1-3,7-10,15,19H,4-6,11-14,16H2,(H3,23,24,25). The molecular weight excluding hydrogens is 352 g/mol. The zero-order chi connectivity index (χ0) is 19.2. The highest BCUT2D eigenvalue weighted by Gasteiger charge is 2.23. The number of ether oxygens (including phenoxy) is 2. The maximum atomic E-state index is 6.19. The predicted molar refractivity (Wildman–Crippen MR) is 112 cm³/mol. The summed E-state index contributed by atoms with van der Waals surface area (Å²) in [6, 6.07) is 16.6. The van der Waals surface area contributed by atoms with Crippen molar-refractivity contribution in [3.05, 3.63) is 54.1 Å². The lowest BCUT2D eigenvalue weighted by atomic mass is 10.1. The van der Waals surface area contributed by atoms with Crippen molar-refractivity contribution in [2.75, 3.05) is 38.2 Å². The Balaban J connectivity index is 1.44. The van der Waals surface area contributed by atoms with Crippen LogP contribution in [0.1, 0.15) is 30.9 Å². The monoisotopic (exact) mass is 380 g/mol. The van der Waals surface area contributed by atoms with Gasteiger partial charge in [0, 0.05) is 18.2 Å². The molecule has 0 amide bonds. The molecule has 1 saturated heterocycles. The lowest BCUT2D eigenvalue weighted by molar-refractivity contribution is 0.252. The maximum Gasteiger partial charge on any atom is 0.193 e. The molecule has 0 saturated carbocycles. The molecule has 0 aliphatic carbocycles. The molecule has 148 valence electrons. The molecular formula is C22H28N4O2. The van der Waals surface area contributed by atoms with Crippen LogP contribution in [0, 0.1) is 0 Å². The van der Waals surface area contributed by atoms with Crippen LogP contribution >= 0.6 is 0 Å². The van der Waals surface area contributed by atoms with Crippen molar-refractivity contribution in [1.82, 2.24) is 4.90 Å². The van der Waals surface area contributed by atoms with E-state index in [0.29, 0.717) is 25.7 Å². The van der Waals surface area contributed by atoms with Gasteiger partial charge in [-0.1, -0.05) is 30.3 Å². The number of guanidine groups is 1. The Morgan fingerprint density at radius 3 is 2.54 bits per heavy atom. The third-order valence-electron chi connectivity index (χ3n) is 5.22. The normalized spacial score (nSPS) is 18.5. The fraction of sp³-hybridized carbons (Fsp3) is 0.409. The summed E-state index contributed by atoms with van der Waals surface area (Å²) in [5.74, 6) is 1.93. The second-order valence-corrected chi connectivity index (χ2v) is 7.23. The molecule has 3 N–H and O–H groups in total. The van der Waals surface area contributed by atoms with Gasteiger partial charge in [-0.15, -0.1) is 0 Å². The van der Waals surface area contributed by atoms with Gasteiger partial charge in [0.05, 0.1) is 25.8 Å². The summed E-state index contributed by atoms with van der Waals surface area (Å²) >= 11 is 0. The van der Waals surface area contributed by atoms with E-state index in [4.69, 9.17) is 15.2 Å². The highest BCUT2D eigenvalue weighted by molar-refractivity contribution is 5.92. The molecule has 2 heterocycles. The summed E-state index contributed by atoms with van der Waals surface area (Å²) in [5.41, 5.74) is 8.32. The van der Waals surface area contributed by atoms with Crippen molar-refractivity contribution < 1.29 is 9.47 Å². The van der Waals surface area contributed by atoms with Crippen LogP contribution in [0.3, 0.4) is 0 Å². The molecule has 1 atom stereocenters. The summed E-state index contributed by atoms with van der Waals surface area (Å²) < 4.78 is 11.4. The van der Waals surface area contributed by atoms with Crippen molar-refractivity contribution in [2.45, 2.75) is 25.3 Å². The van der Waals surface area contributed by atoms with Crippen LogP contribution in [0.4, 0.5) is 5.69 Å². The van der Waals surface area contributed by atoms with Crippen molar-refractivity contribution in [1.29, 1.82) is 0 Å². The average Bonchev–Trinajstić information content (AvgIpc) is 3.14. The van der Waals surface area contributed by atoms with Gasteiger partial charge in [-0.05, 0) is 43.6 Å². The quantitative estimate of drug-likeness (QED) is 0.614. The molecule has 1 unspecified atom stereocenters. The highest BCUT2D eigenvalue weighted by Crippen LogP contribution is 2.32. The van der Waals surface area contributed by atoms with Gasteiger partial charge in [0.1, 0.15) is 0 Å². The molecule has 2 aliphatic rings. The largest absolute Gasteiger partial charge is 0.490 e. The second kappa shape index (κ2) is 8.97. The average molecular weight is 380 g/mol. The summed E-state index contributed by atoms with van der Waals surface area (Å²) in [7, 11) is 0. The molecule has 0 aromatic heterocycles. The third kappa shape index (κ3) is 4.57. The van der Waals surface area contributed by atoms with Crippen LogP contribution in [0.5, 0.6) is 11.5 Å². The molecule has 1 fully saturated rings. The van der Waals surface area contributed by atoms with E-state index in [2.05, 4.69) is 39.5 Å². The van der Waals surface area contributed by atoms with Gasteiger partial charge in [-0.25, -0.2) is 0 Å². The van der Waals surface area contributed by atoms with E-state index in [0.717, 1.165) is 36.7 Å². The van der Waals surface area contributed by atoms with Crippen molar-refractivity contribution in [3.63, 3.8) is 0 Å². The molecule has 0 spiro atoms. The molecule has 6 nitrogen and oxygen atoms in total. The number of aliphatic imine (C=N–C) groups is 1. The number of nitrogens with two attached hydrogens (primary N) is 1. The number of nitrogens with one attached hydrogen (secondary N) is 1. The Morgan fingerprint density at radius 1 is 1.00 bits per heavy atom. The van der Waals surface area contributed by atoms with Gasteiger partial charge >= 0.3 is 0 Å². The first-order valence-electron chi connectivity index (χ1n) is 10.1. The van der Waals surface area contributed by atoms with Crippen LogP contribution in [-0.4, -0.2) is 43.7 Å². The molecule has 28 heavy (non-hydrogen) atoms. The minimum atomic E-state index is 0.257. The summed E-state index contributed by atoms with van der Waals surface area (Å²) in [6.45, 7) is 4.21. The van der Waals surface area contributed by atoms with Gasteiger partial charge in [-0.2, -0.15) is 0 Å². The topological polar surface area (TPSA) is 72.1 Å². The van der Waals surface area contributed by atoms with E-state index >= 15 is 0 Å². The number of anilines is 1. The van der Waals surface area contributed by atoms with Crippen molar-refractivity contribution in [2.24, 2.45) is 10.7 Å². The molecule has 2 aromatic carbocycles. The van der Waals surface area contributed by atoms with E-state index in [1.807, 2.05) is 24.3 Å². The third-order valence-corrected chi connectivity index (χ3v) is 5.22. The smallest absolute Gasteiger partial charge is 0.193 e. The summed E-state index contributed by atoms with van der Waals surface area (Å²) in [4.78, 5) is 7.14. The highest BCUT2D eigenvalue weighted by atomic mass is 16.5. The lowest BCUT2D eigenvalue weighted by Gasteiger charge is -2.26. The second-order valence-electron chi connectivity index (χ2n) is 7.23. The molecule has 0 bridgehead atoms. The first-order valence-corrected chi connectivity index (χ1v) is 10.1. The summed E-state index contributed by atoms with van der Waals surface area (Å²) in [5, 5.41) is 3.18. The molecule has 2 aliphatic heterocycles. The van der Waals surface area contributed by atoms with E-state index in [1.165, 1.54) is 18.4 Å². The number of hydrogen-bond acceptors (Lipinski definition) is 4. The SMILES string of the molecule is NC(=NCC(c1ccccc1)N1CCCC1)Nc1ccc2c(c1)OCCCO2. The maximum absolute atomic E-state index is 6.19. The molecule has 4 rings (SSSR count). The number of rotatable bonds is 5. The lowest BCUT2D eigenvalue weighted by Crippen LogP contribution is -2.30.